The molecule has 19 heavy (non-hydrogen) atoms. The number of hydrogen-bond acceptors (Lipinski definition) is 3. The lowest BCUT2D eigenvalue weighted by atomic mass is 9.91. The smallest absolute Gasteiger partial charge is 0.384 e. The number of alkyl halides is 3. The van der Waals surface area contributed by atoms with Gasteiger partial charge in [-0.1, -0.05) is 30.3 Å². The number of ether oxygens (including phenoxy) is 1. The average molecular weight is 277 g/mol. The van der Waals surface area contributed by atoms with Crippen LogP contribution in [0, 0.1) is 0 Å². The first-order chi connectivity index (χ1) is 8.87. The Morgan fingerprint density at radius 1 is 1.05 bits per heavy atom. The first kappa shape index (κ1) is 15.9. The van der Waals surface area contributed by atoms with E-state index in [4.69, 9.17) is 10.5 Å². The molecule has 0 aliphatic heterocycles. The fraction of sp³-hybridized carbons (Fsp3) is 0.538. The zero-order valence-corrected chi connectivity index (χ0v) is 10.5. The van der Waals surface area contributed by atoms with E-state index in [1.807, 2.05) is 0 Å². The Hall–Kier alpha value is -1.11. The third-order valence-corrected chi connectivity index (χ3v) is 2.84. The Morgan fingerprint density at radius 3 is 2.16 bits per heavy atom. The molecular weight excluding hydrogens is 259 g/mol. The van der Waals surface area contributed by atoms with Gasteiger partial charge in [0.15, 0.2) is 0 Å². The summed E-state index contributed by atoms with van der Waals surface area (Å²) in [6, 6.07) is 8.78. The summed E-state index contributed by atoms with van der Waals surface area (Å²) in [5.41, 5.74) is 4.91. The molecule has 1 aromatic carbocycles. The third-order valence-electron chi connectivity index (χ3n) is 2.84. The van der Waals surface area contributed by atoms with Gasteiger partial charge < -0.3 is 15.6 Å². The van der Waals surface area contributed by atoms with Crippen LogP contribution in [0.1, 0.15) is 18.4 Å². The summed E-state index contributed by atoms with van der Waals surface area (Å²) in [6.45, 7) is -0.392. The van der Waals surface area contributed by atoms with Crippen LogP contribution in [0.25, 0.3) is 0 Å². The predicted molar refractivity (Wildman–Crippen MR) is 65.5 cm³/mol. The number of nitrogens with two attached hydrogens (primary N) is 1. The Balaban J connectivity index is 2.41. The molecular formula is C13H18F3NO2. The zero-order chi connectivity index (χ0) is 14.4. The van der Waals surface area contributed by atoms with Crippen molar-refractivity contribution in [3.05, 3.63) is 35.9 Å². The van der Waals surface area contributed by atoms with Crippen LogP contribution in [-0.4, -0.2) is 31.0 Å². The van der Waals surface area contributed by atoms with E-state index in [1.54, 1.807) is 30.3 Å². The molecule has 108 valence electrons. The fourth-order valence-corrected chi connectivity index (χ4v) is 1.64. The molecule has 0 saturated heterocycles. The van der Waals surface area contributed by atoms with E-state index in [0.717, 1.165) is 0 Å². The van der Waals surface area contributed by atoms with Crippen LogP contribution in [0.15, 0.2) is 30.3 Å². The lowest BCUT2D eigenvalue weighted by Gasteiger charge is -2.27. The Labute approximate surface area is 110 Å². The highest BCUT2D eigenvalue weighted by atomic mass is 19.4. The Morgan fingerprint density at radius 2 is 1.63 bits per heavy atom. The normalized spacial score (nSPS) is 15.2. The van der Waals surface area contributed by atoms with Gasteiger partial charge in [0.2, 0.25) is 0 Å². The van der Waals surface area contributed by atoms with Crippen molar-refractivity contribution in [2.75, 3.05) is 19.8 Å². The number of aliphatic hydroxyl groups is 1. The standard InChI is InChI=1S/C13H18F3NO2/c14-13(15,16)7-9-19-8-6-12(18,10-17)11-4-2-1-3-5-11/h1-5,18H,6-10,17H2. The lowest BCUT2D eigenvalue weighted by Crippen LogP contribution is -2.36. The summed E-state index contributed by atoms with van der Waals surface area (Å²) < 4.78 is 40.6. The molecule has 0 spiro atoms. The van der Waals surface area contributed by atoms with Crippen LogP contribution in [0.3, 0.4) is 0 Å². The van der Waals surface area contributed by atoms with Crippen molar-refractivity contribution >= 4 is 0 Å². The topological polar surface area (TPSA) is 55.5 Å². The SMILES string of the molecule is NCC(O)(CCOCCC(F)(F)F)c1ccccc1. The monoisotopic (exact) mass is 277 g/mol. The molecule has 3 nitrogen and oxygen atoms in total. The van der Waals surface area contributed by atoms with Gasteiger partial charge in [-0.2, -0.15) is 13.2 Å². The quantitative estimate of drug-likeness (QED) is 0.751. The molecule has 1 atom stereocenters. The van der Waals surface area contributed by atoms with Crippen LogP contribution in [0.5, 0.6) is 0 Å². The second-order valence-corrected chi connectivity index (χ2v) is 4.33. The summed E-state index contributed by atoms with van der Waals surface area (Å²) in [4.78, 5) is 0. The minimum atomic E-state index is -4.22. The van der Waals surface area contributed by atoms with Crippen molar-refractivity contribution in [1.82, 2.24) is 0 Å². The average Bonchev–Trinajstić information content (AvgIpc) is 2.38. The van der Waals surface area contributed by atoms with Crippen molar-refractivity contribution in [1.29, 1.82) is 0 Å². The first-order valence-electron chi connectivity index (χ1n) is 6.00. The highest BCUT2D eigenvalue weighted by molar-refractivity contribution is 5.22. The first-order valence-corrected chi connectivity index (χ1v) is 6.00. The van der Waals surface area contributed by atoms with E-state index >= 15 is 0 Å². The largest absolute Gasteiger partial charge is 0.391 e. The second kappa shape index (κ2) is 6.88. The van der Waals surface area contributed by atoms with Gasteiger partial charge in [0, 0.05) is 19.6 Å². The van der Waals surface area contributed by atoms with E-state index in [2.05, 4.69) is 0 Å². The second-order valence-electron chi connectivity index (χ2n) is 4.33. The van der Waals surface area contributed by atoms with Gasteiger partial charge in [-0.3, -0.25) is 0 Å². The molecule has 1 aromatic rings. The van der Waals surface area contributed by atoms with E-state index < -0.39 is 24.8 Å². The molecule has 0 aliphatic carbocycles. The predicted octanol–water partition coefficient (Wildman–Crippen LogP) is 2.19. The van der Waals surface area contributed by atoms with Crippen LogP contribution < -0.4 is 5.73 Å². The lowest BCUT2D eigenvalue weighted by molar-refractivity contribution is -0.146. The highest BCUT2D eigenvalue weighted by Crippen LogP contribution is 2.24. The van der Waals surface area contributed by atoms with Crippen LogP contribution in [0.2, 0.25) is 0 Å². The van der Waals surface area contributed by atoms with Gasteiger partial charge in [0.1, 0.15) is 5.60 Å². The van der Waals surface area contributed by atoms with Gasteiger partial charge in [0.25, 0.3) is 0 Å². The van der Waals surface area contributed by atoms with Crippen molar-refractivity contribution < 1.29 is 23.0 Å². The molecule has 0 fully saturated rings. The van der Waals surface area contributed by atoms with E-state index in [-0.39, 0.29) is 19.6 Å². The zero-order valence-electron chi connectivity index (χ0n) is 10.5. The van der Waals surface area contributed by atoms with Crippen LogP contribution in [-0.2, 0) is 10.3 Å². The number of benzene rings is 1. The van der Waals surface area contributed by atoms with E-state index in [9.17, 15) is 18.3 Å². The molecule has 0 aromatic heterocycles. The number of rotatable bonds is 7. The van der Waals surface area contributed by atoms with Crippen LogP contribution >= 0.6 is 0 Å². The third kappa shape index (κ3) is 5.59. The summed E-state index contributed by atoms with van der Waals surface area (Å²) >= 11 is 0. The van der Waals surface area contributed by atoms with E-state index in [0.29, 0.717) is 5.56 Å². The maximum Gasteiger partial charge on any atom is 0.391 e. The molecule has 3 N–H and O–H groups in total. The molecule has 0 aliphatic rings. The molecule has 0 heterocycles. The summed E-state index contributed by atoms with van der Waals surface area (Å²) in [6.07, 6.45) is -5.05. The van der Waals surface area contributed by atoms with Crippen molar-refractivity contribution in [3.8, 4) is 0 Å². The fourth-order valence-electron chi connectivity index (χ4n) is 1.64. The minimum Gasteiger partial charge on any atom is -0.384 e. The molecule has 0 amide bonds. The van der Waals surface area contributed by atoms with Gasteiger partial charge in [0.05, 0.1) is 13.0 Å². The van der Waals surface area contributed by atoms with Crippen LogP contribution in [0.4, 0.5) is 13.2 Å². The maximum absolute atomic E-state index is 11.9. The number of hydrogen-bond donors (Lipinski definition) is 2. The van der Waals surface area contributed by atoms with E-state index in [1.165, 1.54) is 0 Å². The van der Waals surface area contributed by atoms with Gasteiger partial charge in [-0.15, -0.1) is 0 Å². The molecule has 6 heteroatoms. The van der Waals surface area contributed by atoms with Gasteiger partial charge >= 0.3 is 6.18 Å². The van der Waals surface area contributed by atoms with Crippen molar-refractivity contribution in [2.24, 2.45) is 5.73 Å². The maximum atomic E-state index is 11.9. The van der Waals surface area contributed by atoms with Gasteiger partial charge in [-0.05, 0) is 5.56 Å². The number of halogens is 3. The molecule has 0 saturated carbocycles. The summed E-state index contributed by atoms with van der Waals surface area (Å²) in [7, 11) is 0. The highest BCUT2D eigenvalue weighted by Gasteiger charge is 2.28. The molecule has 0 radical (unpaired) electrons. The Kier molecular flexibility index (Phi) is 5.78. The van der Waals surface area contributed by atoms with Crippen molar-refractivity contribution in [2.45, 2.75) is 24.6 Å². The molecule has 1 unspecified atom stereocenters. The Bertz CT molecular complexity index is 370. The van der Waals surface area contributed by atoms with Crippen molar-refractivity contribution in [3.63, 3.8) is 0 Å². The van der Waals surface area contributed by atoms with Gasteiger partial charge in [-0.25, -0.2) is 0 Å². The summed E-state index contributed by atoms with van der Waals surface area (Å²) in [5, 5.41) is 10.3. The summed E-state index contributed by atoms with van der Waals surface area (Å²) in [5.74, 6) is 0. The molecule has 0 bridgehead atoms. The molecule has 1 rings (SSSR count). The minimum absolute atomic E-state index is 0.0142.